The summed E-state index contributed by atoms with van der Waals surface area (Å²) < 4.78 is 5.93. The van der Waals surface area contributed by atoms with E-state index in [0.29, 0.717) is 19.4 Å². The number of hydrogen-bond acceptors (Lipinski definition) is 6. The molecule has 176 valence electrons. The van der Waals surface area contributed by atoms with E-state index in [1.165, 1.54) is 15.0 Å². The summed E-state index contributed by atoms with van der Waals surface area (Å²) in [7, 11) is 0. The summed E-state index contributed by atoms with van der Waals surface area (Å²) in [5, 5.41) is 1.26. The number of anilines is 1. The van der Waals surface area contributed by atoms with Crippen molar-refractivity contribution in [1.29, 1.82) is 0 Å². The molecule has 0 spiro atoms. The van der Waals surface area contributed by atoms with E-state index < -0.39 is 0 Å². The number of fused-ring (bicyclic) bond motifs is 1. The number of aromatic nitrogens is 1. The van der Waals surface area contributed by atoms with Crippen LogP contribution in [0.2, 0.25) is 0 Å². The molecule has 2 aliphatic heterocycles. The molecule has 0 aliphatic carbocycles. The smallest absolute Gasteiger partial charge is 0.229 e. The molecule has 0 unspecified atom stereocenters. The first-order valence-electron chi connectivity index (χ1n) is 11.7. The van der Waals surface area contributed by atoms with E-state index in [0.717, 1.165) is 64.2 Å². The number of likely N-dealkylation sites (tertiary alicyclic amines) is 1. The summed E-state index contributed by atoms with van der Waals surface area (Å²) in [6, 6.07) is 8.44. The van der Waals surface area contributed by atoms with Crippen molar-refractivity contribution in [2.45, 2.75) is 52.4 Å². The monoisotopic (exact) mass is 478 g/mol. The topological polar surface area (TPSA) is 56.8 Å². The first-order valence-corrected chi connectivity index (χ1v) is 12.5. The predicted octanol–water partition coefficient (Wildman–Crippen LogP) is 4.58. The van der Waals surface area contributed by atoms with Crippen LogP contribution >= 0.6 is 23.9 Å². The third-order valence-electron chi connectivity index (χ3n) is 7.29. The maximum absolute atomic E-state index is 12.6. The fourth-order valence-electron chi connectivity index (χ4n) is 4.92. The number of rotatable bonds is 8. The normalized spacial score (nSPS) is 19.4. The number of nitrogens with zero attached hydrogens (tertiary/aromatic N) is 4. The largest absolute Gasteiger partial charge is 0.353 e. The Morgan fingerprint density at radius 3 is 2.22 bits per heavy atom. The molecule has 0 N–H and O–H groups in total. The molecule has 8 heteroatoms. The van der Waals surface area contributed by atoms with E-state index in [-0.39, 0.29) is 29.6 Å². The number of unbranched alkanes of at least 4 members (excludes halogenated alkanes) is 1. The first kappa shape index (κ1) is 24.9. The second kappa shape index (κ2) is 10.9. The van der Waals surface area contributed by atoms with Crippen LogP contribution in [-0.2, 0) is 9.59 Å². The Hall–Kier alpha value is -1.70. The van der Waals surface area contributed by atoms with Gasteiger partial charge >= 0.3 is 0 Å². The number of imide groups is 1. The van der Waals surface area contributed by atoms with E-state index in [4.69, 9.17) is 0 Å². The van der Waals surface area contributed by atoms with E-state index in [1.54, 1.807) is 11.5 Å². The maximum Gasteiger partial charge on any atom is 0.229 e. The molecule has 4 rings (SSSR count). The zero-order valence-electron chi connectivity index (χ0n) is 19.2. The van der Waals surface area contributed by atoms with E-state index in [2.05, 4.69) is 52.3 Å². The second-order valence-corrected chi connectivity index (χ2v) is 9.84. The summed E-state index contributed by atoms with van der Waals surface area (Å²) in [5.41, 5.74) is -0.104. The molecule has 0 atom stereocenters. The van der Waals surface area contributed by atoms with Crippen molar-refractivity contribution in [2.75, 3.05) is 44.2 Å². The van der Waals surface area contributed by atoms with Gasteiger partial charge in [0.05, 0.1) is 4.70 Å². The van der Waals surface area contributed by atoms with Crippen LogP contribution in [0.5, 0.6) is 0 Å². The van der Waals surface area contributed by atoms with Gasteiger partial charge in [0.15, 0.2) is 0 Å². The highest BCUT2D eigenvalue weighted by Gasteiger charge is 2.40. The van der Waals surface area contributed by atoms with Gasteiger partial charge in [0.25, 0.3) is 0 Å². The first-order chi connectivity index (χ1) is 15.0. The molecule has 0 radical (unpaired) electrons. The lowest BCUT2D eigenvalue weighted by Gasteiger charge is -2.39. The minimum Gasteiger partial charge on any atom is -0.353 e. The van der Waals surface area contributed by atoms with Crippen molar-refractivity contribution in [1.82, 2.24) is 14.2 Å². The van der Waals surface area contributed by atoms with Gasteiger partial charge in [0.1, 0.15) is 5.82 Å². The molecule has 2 amide bonds. The molecule has 2 fully saturated rings. The zero-order chi connectivity index (χ0) is 21.8. The number of amides is 2. The highest BCUT2D eigenvalue weighted by atomic mass is 35.5. The number of carbonyl (C=O) groups excluding carboxylic acids is 2. The highest BCUT2D eigenvalue weighted by molar-refractivity contribution is 7.13. The molecule has 2 saturated heterocycles. The zero-order valence-corrected chi connectivity index (χ0v) is 20.8. The summed E-state index contributed by atoms with van der Waals surface area (Å²) in [5.74, 6) is 1.19. The highest BCUT2D eigenvalue weighted by Crippen LogP contribution is 2.39. The summed E-state index contributed by atoms with van der Waals surface area (Å²) >= 11 is 1.58. The number of carbonyl (C=O) groups is 2. The van der Waals surface area contributed by atoms with Gasteiger partial charge in [-0.25, -0.2) is 0 Å². The molecule has 1 aromatic heterocycles. The lowest BCUT2D eigenvalue weighted by Crippen LogP contribution is -2.48. The number of piperazine rings is 1. The molecule has 6 nitrogen and oxygen atoms in total. The van der Waals surface area contributed by atoms with Crippen molar-refractivity contribution in [3.05, 3.63) is 24.3 Å². The van der Waals surface area contributed by atoms with Gasteiger partial charge < -0.3 is 4.90 Å². The summed E-state index contributed by atoms with van der Waals surface area (Å²) in [6.45, 7) is 9.83. The number of benzene rings is 1. The average Bonchev–Trinajstić information content (AvgIpc) is 3.22. The number of hydrogen-bond donors (Lipinski definition) is 0. The number of piperidine rings is 1. The van der Waals surface area contributed by atoms with Gasteiger partial charge in [-0.2, -0.15) is 4.37 Å². The van der Waals surface area contributed by atoms with Crippen LogP contribution in [0.15, 0.2) is 24.3 Å². The maximum atomic E-state index is 12.6. The van der Waals surface area contributed by atoms with Gasteiger partial charge in [0.2, 0.25) is 11.8 Å². The van der Waals surface area contributed by atoms with Crippen LogP contribution in [0.3, 0.4) is 0 Å². The second-order valence-electron chi connectivity index (χ2n) is 9.04. The molecular weight excluding hydrogens is 444 g/mol. The SMILES string of the molecule is CCC1(CC)CC(=O)N(CCCCN2CCN(c3nsc4ccccc34)CC2)C(=O)C1.Cl. The van der Waals surface area contributed by atoms with Crippen molar-refractivity contribution in [3.8, 4) is 0 Å². The van der Waals surface area contributed by atoms with E-state index in [1.807, 2.05) is 0 Å². The average molecular weight is 479 g/mol. The molecule has 32 heavy (non-hydrogen) atoms. The van der Waals surface area contributed by atoms with Crippen molar-refractivity contribution < 1.29 is 9.59 Å². The lowest BCUT2D eigenvalue weighted by atomic mass is 9.73. The van der Waals surface area contributed by atoms with Crippen LogP contribution < -0.4 is 4.90 Å². The molecule has 2 aromatic rings. The van der Waals surface area contributed by atoms with Crippen molar-refractivity contribution >= 4 is 51.7 Å². The Labute approximate surface area is 201 Å². The van der Waals surface area contributed by atoms with Gasteiger partial charge in [-0.15, -0.1) is 12.4 Å². The minimum absolute atomic E-state index is 0. The van der Waals surface area contributed by atoms with Gasteiger partial charge in [0, 0.05) is 51.0 Å². The molecule has 0 bridgehead atoms. The molecular formula is C24H35ClN4O2S. The Morgan fingerprint density at radius 2 is 1.56 bits per heavy atom. The molecule has 3 heterocycles. The summed E-state index contributed by atoms with van der Waals surface area (Å²) in [6.07, 6.45) is 4.76. The predicted molar refractivity (Wildman–Crippen MR) is 134 cm³/mol. The van der Waals surface area contributed by atoms with E-state index >= 15 is 0 Å². The fraction of sp³-hybridized carbons (Fsp3) is 0.625. The van der Waals surface area contributed by atoms with E-state index in [9.17, 15) is 9.59 Å². The summed E-state index contributed by atoms with van der Waals surface area (Å²) in [4.78, 5) is 31.5. The van der Waals surface area contributed by atoms with Gasteiger partial charge in [-0.3, -0.25) is 19.4 Å². The minimum atomic E-state index is -0.104. The van der Waals surface area contributed by atoms with Crippen molar-refractivity contribution in [2.24, 2.45) is 5.41 Å². The third-order valence-corrected chi connectivity index (χ3v) is 8.11. The quantitative estimate of drug-likeness (QED) is 0.410. The number of halogens is 1. The molecule has 2 aliphatic rings. The molecule has 1 aromatic carbocycles. The fourth-order valence-corrected chi connectivity index (χ4v) is 5.72. The van der Waals surface area contributed by atoms with Crippen LogP contribution in [0.25, 0.3) is 10.1 Å². The Morgan fingerprint density at radius 1 is 0.938 bits per heavy atom. The van der Waals surface area contributed by atoms with Crippen molar-refractivity contribution in [3.63, 3.8) is 0 Å². The van der Waals surface area contributed by atoms with Gasteiger partial charge in [-0.05, 0) is 61.3 Å². The van der Waals surface area contributed by atoms with Crippen LogP contribution in [0.1, 0.15) is 52.4 Å². The molecule has 0 saturated carbocycles. The van der Waals surface area contributed by atoms with Crippen LogP contribution in [0, 0.1) is 5.41 Å². The Balaban J connectivity index is 0.00000289. The standard InChI is InChI=1S/C24H34N4O2S.ClH/c1-3-24(4-2)17-21(29)28(22(30)18-24)12-8-7-11-26-13-15-27(16-14-26)23-19-9-5-6-10-20(19)31-25-23;/h5-6,9-10H,3-4,7-8,11-18H2,1-2H3;1H. The lowest BCUT2D eigenvalue weighted by molar-refractivity contribution is -0.153. The third kappa shape index (κ3) is 5.26. The Bertz CT molecular complexity index is 902. The Kier molecular flexibility index (Phi) is 8.53. The van der Waals surface area contributed by atoms with Crippen LogP contribution in [-0.4, -0.2) is 65.3 Å². The van der Waals surface area contributed by atoms with Gasteiger partial charge in [-0.1, -0.05) is 26.0 Å². The van der Waals surface area contributed by atoms with Crippen LogP contribution in [0.4, 0.5) is 5.82 Å².